The number of nitrogens with one attached hydrogen (secondary N) is 2. The van der Waals surface area contributed by atoms with Crippen LogP contribution in [0.3, 0.4) is 0 Å². The Kier molecular flexibility index (Phi) is 7.05. The number of benzene rings is 2. The fourth-order valence-corrected chi connectivity index (χ4v) is 2.55. The molecular weight excluding hydrogens is 392 g/mol. The van der Waals surface area contributed by atoms with E-state index in [1.54, 1.807) is 24.5 Å². The molecule has 6 nitrogen and oxygen atoms in total. The zero-order valence-electron chi connectivity index (χ0n) is 15.9. The van der Waals surface area contributed by atoms with Crippen molar-refractivity contribution in [1.29, 1.82) is 0 Å². The van der Waals surface area contributed by atoms with E-state index in [1.165, 1.54) is 0 Å². The largest absolute Gasteiger partial charge is 0.489 e. The second kappa shape index (κ2) is 10.1. The third kappa shape index (κ3) is 6.10. The number of rotatable bonds is 8. The monoisotopic (exact) mass is 411 g/mol. The van der Waals surface area contributed by atoms with Crippen LogP contribution in [0.1, 0.15) is 21.5 Å². The maximum atomic E-state index is 13.6. The van der Waals surface area contributed by atoms with Gasteiger partial charge in [0.15, 0.2) is 0 Å². The SMILES string of the molecule is O=C(CNC(=O)c1ccc(F)cc1F)NCc1ccc(OCc2cccnc2)cc1. The zero-order valence-corrected chi connectivity index (χ0v) is 15.9. The molecule has 0 atom stereocenters. The average molecular weight is 411 g/mol. The summed E-state index contributed by atoms with van der Waals surface area (Å²) in [4.78, 5) is 27.8. The molecule has 30 heavy (non-hydrogen) atoms. The lowest BCUT2D eigenvalue weighted by molar-refractivity contribution is -0.120. The lowest BCUT2D eigenvalue weighted by Crippen LogP contribution is -2.36. The number of carbonyl (C=O) groups is 2. The molecule has 0 radical (unpaired) electrons. The van der Waals surface area contributed by atoms with Gasteiger partial charge in [0.2, 0.25) is 5.91 Å². The minimum absolute atomic E-state index is 0.252. The standard InChI is InChI=1S/C22H19F2N3O3/c23-17-5-8-19(20(24)10-17)22(29)27-13-21(28)26-12-15-3-6-18(7-4-15)30-14-16-2-1-9-25-11-16/h1-11H,12-14H2,(H,26,28)(H,27,29). The number of hydrogen-bond donors (Lipinski definition) is 2. The Labute approximate surface area is 171 Å². The summed E-state index contributed by atoms with van der Waals surface area (Å²) < 4.78 is 32.1. The van der Waals surface area contributed by atoms with Gasteiger partial charge in [-0.3, -0.25) is 14.6 Å². The van der Waals surface area contributed by atoms with Gasteiger partial charge in [-0.1, -0.05) is 18.2 Å². The van der Waals surface area contributed by atoms with Gasteiger partial charge >= 0.3 is 0 Å². The van der Waals surface area contributed by atoms with E-state index >= 15 is 0 Å². The van der Waals surface area contributed by atoms with Crippen LogP contribution in [0.5, 0.6) is 5.75 Å². The van der Waals surface area contributed by atoms with Crippen LogP contribution in [-0.4, -0.2) is 23.3 Å². The van der Waals surface area contributed by atoms with Gasteiger partial charge < -0.3 is 15.4 Å². The number of amides is 2. The Morgan fingerprint density at radius 2 is 1.77 bits per heavy atom. The van der Waals surface area contributed by atoms with E-state index in [0.29, 0.717) is 18.4 Å². The van der Waals surface area contributed by atoms with E-state index in [-0.39, 0.29) is 18.7 Å². The van der Waals surface area contributed by atoms with E-state index in [9.17, 15) is 18.4 Å². The Morgan fingerprint density at radius 3 is 2.47 bits per heavy atom. The fraction of sp³-hybridized carbons (Fsp3) is 0.136. The summed E-state index contributed by atoms with van der Waals surface area (Å²) in [6.07, 6.45) is 3.42. The number of pyridine rings is 1. The predicted octanol–water partition coefficient (Wildman–Crippen LogP) is 2.99. The second-order valence-corrected chi connectivity index (χ2v) is 6.38. The van der Waals surface area contributed by atoms with Gasteiger partial charge in [-0.25, -0.2) is 8.78 Å². The lowest BCUT2D eigenvalue weighted by atomic mass is 10.2. The topological polar surface area (TPSA) is 80.3 Å². The van der Waals surface area contributed by atoms with Gasteiger partial charge in [0, 0.05) is 30.6 Å². The summed E-state index contributed by atoms with van der Waals surface area (Å²) in [6, 6.07) is 13.6. The summed E-state index contributed by atoms with van der Waals surface area (Å²) in [5.41, 5.74) is 1.47. The number of carbonyl (C=O) groups excluding carboxylic acids is 2. The van der Waals surface area contributed by atoms with Crippen LogP contribution in [0.2, 0.25) is 0 Å². The molecule has 0 saturated heterocycles. The minimum Gasteiger partial charge on any atom is -0.489 e. The van der Waals surface area contributed by atoms with E-state index in [2.05, 4.69) is 15.6 Å². The van der Waals surface area contributed by atoms with Crippen molar-refractivity contribution in [2.45, 2.75) is 13.2 Å². The maximum absolute atomic E-state index is 13.6. The molecule has 2 amide bonds. The van der Waals surface area contributed by atoms with Crippen molar-refractivity contribution >= 4 is 11.8 Å². The molecule has 0 aliphatic carbocycles. The molecule has 8 heteroatoms. The van der Waals surface area contributed by atoms with Crippen LogP contribution < -0.4 is 15.4 Å². The van der Waals surface area contributed by atoms with Crippen molar-refractivity contribution < 1.29 is 23.1 Å². The highest BCUT2D eigenvalue weighted by atomic mass is 19.1. The van der Waals surface area contributed by atoms with Gasteiger partial charge in [0.05, 0.1) is 12.1 Å². The molecule has 0 spiro atoms. The van der Waals surface area contributed by atoms with Crippen LogP contribution in [0, 0.1) is 11.6 Å². The average Bonchev–Trinajstić information content (AvgIpc) is 2.76. The van der Waals surface area contributed by atoms with E-state index in [0.717, 1.165) is 23.3 Å². The molecule has 0 aliphatic heterocycles. The summed E-state index contributed by atoms with van der Waals surface area (Å²) in [5.74, 6) is -2.32. The summed E-state index contributed by atoms with van der Waals surface area (Å²) in [6.45, 7) is 0.322. The molecule has 2 N–H and O–H groups in total. The Hall–Kier alpha value is -3.81. The summed E-state index contributed by atoms with van der Waals surface area (Å²) in [5, 5.41) is 4.95. The number of halogens is 2. The highest BCUT2D eigenvalue weighted by molar-refractivity contribution is 5.96. The minimum atomic E-state index is -0.987. The molecule has 3 aromatic rings. The summed E-state index contributed by atoms with van der Waals surface area (Å²) >= 11 is 0. The zero-order chi connectivity index (χ0) is 21.3. The molecule has 0 aliphatic rings. The molecule has 0 unspecified atom stereocenters. The number of aromatic nitrogens is 1. The van der Waals surface area contributed by atoms with E-state index in [4.69, 9.17) is 4.74 Å². The van der Waals surface area contributed by atoms with Crippen molar-refractivity contribution in [1.82, 2.24) is 15.6 Å². The number of hydrogen-bond acceptors (Lipinski definition) is 4. The van der Waals surface area contributed by atoms with Gasteiger partial charge in [-0.2, -0.15) is 0 Å². The molecule has 1 heterocycles. The first kappa shape index (κ1) is 20.9. The molecule has 154 valence electrons. The van der Waals surface area contributed by atoms with Crippen molar-refractivity contribution in [3.63, 3.8) is 0 Å². The Balaban J connectivity index is 1.41. The van der Waals surface area contributed by atoms with Crippen molar-refractivity contribution in [2.24, 2.45) is 0 Å². The Morgan fingerprint density at radius 1 is 0.967 bits per heavy atom. The van der Waals surface area contributed by atoms with Crippen LogP contribution in [0.4, 0.5) is 8.78 Å². The van der Waals surface area contributed by atoms with E-state index in [1.807, 2.05) is 24.3 Å². The fourth-order valence-electron chi connectivity index (χ4n) is 2.55. The smallest absolute Gasteiger partial charge is 0.254 e. The lowest BCUT2D eigenvalue weighted by Gasteiger charge is -2.09. The van der Waals surface area contributed by atoms with Crippen molar-refractivity contribution in [3.05, 3.63) is 95.3 Å². The van der Waals surface area contributed by atoms with Gasteiger partial charge in [-0.15, -0.1) is 0 Å². The van der Waals surface area contributed by atoms with Crippen LogP contribution in [0.25, 0.3) is 0 Å². The van der Waals surface area contributed by atoms with Crippen LogP contribution in [-0.2, 0) is 17.9 Å². The first-order valence-electron chi connectivity index (χ1n) is 9.12. The van der Waals surface area contributed by atoms with Crippen LogP contribution in [0.15, 0.2) is 67.0 Å². The third-order valence-electron chi connectivity index (χ3n) is 4.13. The van der Waals surface area contributed by atoms with Gasteiger partial charge in [0.1, 0.15) is 24.0 Å². The van der Waals surface area contributed by atoms with Gasteiger partial charge in [0.25, 0.3) is 5.91 Å². The highest BCUT2D eigenvalue weighted by Gasteiger charge is 2.13. The molecule has 0 fully saturated rings. The van der Waals surface area contributed by atoms with Crippen molar-refractivity contribution in [2.75, 3.05) is 6.54 Å². The van der Waals surface area contributed by atoms with Crippen LogP contribution >= 0.6 is 0 Å². The number of nitrogens with zero attached hydrogens (tertiary/aromatic N) is 1. The maximum Gasteiger partial charge on any atom is 0.254 e. The molecular formula is C22H19F2N3O3. The Bertz CT molecular complexity index is 1010. The highest BCUT2D eigenvalue weighted by Crippen LogP contribution is 2.14. The van der Waals surface area contributed by atoms with E-state index < -0.39 is 23.4 Å². The molecule has 1 aromatic heterocycles. The quantitative estimate of drug-likeness (QED) is 0.597. The first-order valence-corrected chi connectivity index (χ1v) is 9.12. The molecule has 0 bridgehead atoms. The molecule has 0 saturated carbocycles. The van der Waals surface area contributed by atoms with Crippen molar-refractivity contribution in [3.8, 4) is 5.75 Å². The predicted molar refractivity (Wildman–Crippen MR) is 106 cm³/mol. The normalized spacial score (nSPS) is 10.3. The van der Waals surface area contributed by atoms with Gasteiger partial charge in [-0.05, 0) is 35.9 Å². The molecule has 2 aromatic carbocycles. The second-order valence-electron chi connectivity index (χ2n) is 6.38. The number of ether oxygens (including phenoxy) is 1. The summed E-state index contributed by atoms with van der Waals surface area (Å²) in [7, 11) is 0. The third-order valence-corrected chi connectivity index (χ3v) is 4.13. The molecule has 3 rings (SSSR count). The first-order chi connectivity index (χ1) is 14.5.